The molecule has 1 aromatic rings. The van der Waals surface area contributed by atoms with Crippen LogP contribution in [-0.2, 0) is 4.79 Å². The summed E-state index contributed by atoms with van der Waals surface area (Å²) >= 11 is 0. The molecule has 1 heterocycles. The minimum absolute atomic E-state index is 0.256. The summed E-state index contributed by atoms with van der Waals surface area (Å²) < 4.78 is 1.90. The summed E-state index contributed by atoms with van der Waals surface area (Å²) in [5, 5.41) is 16.2. The van der Waals surface area contributed by atoms with Crippen molar-refractivity contribution in [1.82, 2.24) is 15.1 Å². The smallest absolute Gasteiger partial charge is 0.309 e. The first-order valence-electron chi connectivity index (χ1n) is 7.80. The molecule has 0 atom stereocenters. The number of carbonyl (C=O) groups excluding carboxylic acids is 1. The van der Waals surface area contributed by atoms with E-state index in [4.69, 9.17) is 5.11 Å². The number of rotatable bonds is 8. The molecule has 0 aliphatic rings. The summed E-state index contributed by atoms with van der Waals surface area (Å²) in [6.07, 6.45) is 2.31. The second-order valence-corrected chi connectivity index (χ2v) is 6.28. The van der Waals surface area contributed by atoms with Gasteiger partial charge in [-0.25, -0.2) is 0 Å². The van der Waals surface area contributed by atoms with Gasteiger partial charge in [-0.1, -0.05) is 13.8 Å². The van der Waals surface area contributed by atoms with E-state index in [1.54, 1.807) is 19.9 Å². The fraction of sp³-hybridized carbons (Fsp3) is 0.688. The van der Waals surface area contributed by atoms with E-state index in [0.717, 1.165) is 18.5 Å². The molecular weight excluding hydrogens is 282 g/mol. The Balaban J connectivity index is 2.67. The number of amides is 1. The van der Waals surface area contributed by atoms with Gasteiger partial charge in [-0.05, 0) is 46.1 Å². The molecule has 124 valence electrons. The minimum atomic E-state index is -0.865. The number of hydrogen-bond donors (Lipinski definition) is 2. The first kappa shape index (κ1) is 18.2. The number of carbonyl (C=O) groups is 2. The number of nitrogens with one attached hydrogen (secondary N) is 1. The van der Waals surface area contributed by atoms with Crippen LogP contribution in [0.3, 0.4) is 0 Å². The number of hydrogen-bond acceptors (Lipinski definition) is 3. The third kappa shape index (κ3) is 4.32. The van der Waals surface area contributed by atoms with Gasteiger partial charge in [0.05, 0.1) is 11.5 Å². The van der Waals surface area contributed by atoms with Crippen molar-refractivity contribution in [2.24, 2.45) is 5.41 Å². The topological polar surface area (TPSA) is 84.2 Å². The van der Waals surface area contributed by atoms with Crippen LogP contribution in [0.15, 0.2) is 6.07 Å². The quantitative estimate of drug-likeness (QED) is 0.773. The van der Waals surface area contributed by atoms with Gasteiger partial charge < -0.3 is 10.4 Å². The summed E-state index contributed by atoms with van der Waals surface area (Å²) in [6.45, 7) is 9.75. The van der Waals surface area contributed by atoms with E-state index >= 15 is 0 Å². The van der Waals surface area contributed by atoms with Crippen LogP contribution in [-0.4, -0.2) is 33.3 Å². The van der Waals surface area contributed by atoms with Crippen molar-refractivity contribution >= 4 is 11.9 Å². The molecule has 0 radical (unpaired) electrons. The van der Waals surface area contributed by atoms with Crippen LogP contribution in [0.25, 0.3) is 0 Å². The second kappa shape index (κ2) is 7.42. The van der Waals surface area contributed by atoms with Crippen molar-refractivity contribution in [2.45, 2.75) is 59.9 Å². The van der Waals surface area contributed by atoms with Gasteiger partial charge in [-0.3, -0.25) is 14.3 Å². The van der Waals surface area contributed by atoms with Crippen LogP contribution in [0, 0.1) is 12.3 Å². The third-order valence-electron chi connectivity index (χ3n) is 4.06. The maximum Gasteiger partial charge on any atom is 0.309 e. The highest BCUT2D eigenvalue weighted by Gasteiger charge is 2.26. The Morgan fingerprint density at radius 2 is 1.95 bits per heavy atom. The molecular formula is C16H27N3O3. The Hall–Kier alpha value is -1.85. The number of carboxylic acids is 1. The van der Waals surface area contributed by atoms with Gasteiger partial charge >= 0.3 is 5.97 Å². The second-order valence-electron chi connectivity index (χ2n) is 6.28. The fourth-order valence-corrected chi connectivity index (χ4v) is 2.29. The largest absolute Gasteiger partial charge is 0.481 e. The summed E-state index contributed by atoms with van der Waals surface area (Å²) in [6, 6.07) is 2.07. The van der Waals surface area contributed by atoms with Gasteiger partial charge in [0.1, 0.15) is 5.69 Å². The lowest BCUT2D eigenvalue weighted by Crippen LogP contribution is -2.32. The van der Waals surface area contributed by atoms with Crippen molar-refractivity contribution in [3.8, 4) is 0 Å². The van der Waals surface area contributed by atoms with Crippen LogP contribution < -0.4 is 5.32 Å². The lowest BCUT2D eigenvalue weighted by Gasteiger charge is -2.18. The lowest BCUT2D eigenvalue weighted by atomic mass is 9.90. The molecule has 0 fully saturated rings. The molecule has 6 heteroatoms. The number of aromatic nitrogens is 2. The first-order chi connectivity index (χ1) is 10.2. The van der Waals surface area contributed by atoms with Crippen molar-refractivity contribution < 1.29 is 14.7 Å². The molecule has 2 N–H and O–H groups in total. The van der Waals surface area contributed by atoms with Crippen molar-refractivity contribution in [3.63, 3.8) is 0 Å². The summed E-state index contributed by atoms with van der Waals surface area (Å²) in [5.41, 5.74) is 0.500. The van der Waals surface area contributed by atoms with Gasteiger partial charge in [0.25, 0.3) is 5.91 Å². The standard InChI is InChI=1S/C16H27N3O3/c1-6-12(7-2)19-11(3)10-13(18-19)14(20)17-9-8-16(4,5)15(21)22/h10,12H,6-9H2,1-5H3,(H,17,20)(H,21,22). The molecule has 0 unspecified atom stereocenters. The van der Waals surface area contributed by atoms with E-state index in [0.29, 0.717) is 24.7 Å². The van der Waals surface area contributed by atoms with Crippen LogP contribution in [0.2, 0.25) is 0 Å². The monoisotopic (exact) mass is 309 g/mol. The SMILES string of the molecule is CCC(CC)n1nc(C(=O)NCCC(C)(C)C(=O)O)cc1C. The Labute approximate surface area is 131 Å². The van der Waals surface area contributed by atoms with Crippen LogP contribution in [0.4, 0.5) is 0 Å². The number of carboxylic acid groups (broad SMARTS) is 1. The normalized spacial score (nSPS) is 11.7. The number of aliphatic carboxylic acids is 1. The van der Waals surface area contributed by atoms with E-state index < -0.39 is 11.4 Å². The molecule has 1 rings (SSSR count). The predicted molar refractivity (Wildman–Crippen MR) is 85.0 cm³/mol. The molecule has 0 aromatic carbocycles. The van der Waals surface area contributed by atoms with E-state index in [1.165, 1.54) is 0 Å². The fourth-order valence-electron chi connectivity index (χ4n) is 2.29. The molecule has 6 nitrogen and oxygen atoms in total. The third-order valence-corrected chi connectivity index (χ3v) is 4.06. The highest BCUT2D eigenvalue weighted by molar-refractivity contribution is 5.92. The molecule has 22 heavy (non-hydrogen) atoms. The van der Waals surface area contributed by atoms with Gasteiger partial charge in [0.15, 0.2) is 0 Å². The van der Waals surface area contributed by atoms with E-state index in [9.17, 15) is 9.59 Å². The molecule has 0 bridgehead atoms. The van der Waals surface area contributed by atoms with E-state index in [2.05, 4.69) is 24.3 Å². The Bertz CT molecular complexity index is 531. The maximum absolute atomic E-state index is 12.1. The average Bonchev–Trinajstić information content (AvgIpc) is 2.82. The molecule has 0 saturated heterocycles. The van der Waals surface area contributed by atoms with E-state index in [1.807, 2.05) is 11.6 Å². The van der Waals surface area contributed by atoms with Gasteiger partial charge in [0, 0.05) is 12.2 Å². The molecule has 0 aliphatic heterocycles. The minimum Gasteiger partial charge on any atom is -0.481 e. The number of nitrogens with zero attached hydrogens (tertiary/aromatic N) is 2. The highest BCUT2D eigenvalue weighted by Crippen LogP contribution is 2.20. The Morgan fingerprint density at radius 1 is 1.36 bits per heavy atom. The van der Waals surface area contributed by atoms with Crippen LogP contribution >= 0.6 is 0 Å². The number of aryl methyl sites for hydroxylation is 1. The first-order valence-corrected chi connectivity index (χ1v) is 7.80. The van der Waals surface area contributed by atoms with Crippen molar-refractivity contribution in [1.29, 1.82) is 0 Å². The molecule has 1 amide bonds. The van der Waals surface area contributed by atoms with Gasteiger partial charge in [0.2, 0.25) is 0 Å². The zero-order valence-corrected chi connectivity index (χ0v) is 14.1. The van der Waals surface area contributed by atoms with Crippen LogP contribution in [0.5, 0.6) is 0 Å². The summed E-state index contributed by atoms with van der Waals surface area (Å²) in [4.78, 5) is 23.2. The van der Waals surface area contributed by atoms with Crippen molar-refractivity contribution in [2.75, 3.05) is 6.54 Å². The molecule has 1 aromatic heterocycles. The predicted octanol–water partition coefficient (Wildman–Crippen LogP) is 2.78. The Morgan fingerprint density at radius 3 is 2.45 bits per heavy atom. The van der Waals surface area contributed by atoms with Crippen LogP contribution in [0.1, 0.15) is 69.2 Å². The highest BCUT2D eigenvalue weighted by atomic mass is 16.4. The molecule has 0 spiro atoms. The maximum atomic E-state index is 12.1. The van der Waals surface area contributed by atoms with E-state index in [-0.39, 0.29) is 5.91 Å². The Kier molecular flexibility index (Phi) is 6.14. The zero-order valence-electron chi connectivity index (χ0n) is 14.1. The summed E-state index contributed by atoms with van der Waals surface area (Å²) in [7, 11) is 0. The molecule has 0 saturated carbocycles. The summed E-state index contributed by atoms with van der Waals surface area (Å²) in [5.74, 6) is -1.12. The average molecular weight is 309 g/mol. The van der Waals surface area contributed by atoms with Gasteiger partial charge in [-0.15, -0.1) is 0 Å². The molecule has 0 aliphatic carbocycles. The zero-order chi connectivity index (χ0) is 16.9. The van der Waals surface area contributed by atoms with Crippen molar-refractivity contribution in [3.05, 3.63) is 17.5 Å². The lowest BCUT2D eigenvalue weighted by molar-refractivity contribution is -0.147. The van der Waals surface area contributed by atoms with Gasteiger partial charge in [-0.2, -0.15) is 5.10 Å².